The fourth-order valence-electron chi connectivity index (χ4n) is 3.23. The van der Waals surface area contributed by atoms with Gasteiger partial charge in [-0.05, 0) is 36.8 Å². The second kappa shape index (κ2) is 7.34. The van der Waals surface area contributed by atoms with Crippen LogP contribution in [0.3, 0.4) is 0 Å². The van der Waals surface area contributed by atoms with Crippen LogP contribution in [-0.4, -0.2) is 48.4 Å². The fraction of sp³-hybridized carbons (Fsp3) is 0.286. The van der Waals surface area contributed by atoms with E-state index in [2.05, 4.69) is 0 Å². The molecule has 0 aromatic heterocycles. The van der Waals surface area contributed by atoms with Gasteiger partial charge in [0, 0.05) is 5.56 Å². The summed E-state index contributed by atoms with van der Waals surface area (Å²) in [6.45, 7) is 2.28. The van der Waals surface area contributed by atoms with Gasteiger partial charge < -0.3 is 14.2 Å². The third kappa shape index (κ3) is 3.19. The Balaban J connectivity index is 1.63. The Bertz CT molecular complexity index is 954. The first-order chi connectivity index (χ1) is 13.6. The van der Waals surface area contributed by atoms with E-state index in [4.69, 9.17) is 14.2 Å². The van der Waals surface area contributed by atoms with Gasteiger partial charge in [-0.25, -0.2) is 0 Å². The molecule has 2 aromatic carbocycles. The summed E-state index contributed by atoms with van der Waals surface area (Å²) in [5.74, 6) is -0.0317. The van der Waals surface area contributed by atoms with Gasteiger partial charge in [-0.1, -0.05) is 19.1 Å². The molecule has 0 unspecified atom stereocenters. The first kappa shape index (κ1) is 18.0. The zero-order valence-corrected chi connectivity index (χ0v) is 15.3. The summed E-state index contributed by atoms with van der Waals surface area (Å²) >= 11 is 0. The smallest absolute Gasteiger partial charge is 0.270 e. The number of Topliss-reactive ketones (excluding diaryl/α,β-unsaturated/α-hetero) is 1. The lowest BCUT2D eigenvalue weighted by atomic mass is 10.1. The Morgan fingerprint density at radius 2 is 1.79 bits per heavy atom. The molecule has 4 rings (SSSR count). The number of hydrogen-bond donors (Lipinski definition) is 0. The van der Waals surface area contributed by atoms with Crippen LogP contribution in [0, 0.1) is 0 Å². The van der Waals surface area contributed by atoms with E-state index in [0.717, 1.165) is 4.90 Å². The number of carbonyl (C=O) groups is 3. The number of ether oxygens (including phenoxy) is 3. The highest BCUT2D eigenvalue weighted by Gasteiger charge is 2.36. The average molecular weight is 381 g/mol. The Labute approximate surface area is 161 Å². The van der Waals surface area contributed by atoms with Gasteiger partial charge >= 0.3 is 0 Å². The van der Waals surface area contributed by atoms with Gasteiger partial charge in [0.25, 0.3) is 11.8 Å². The van der Waals surface area contributed by atoms with Crippen molar-refractivity contribution in [2.45, 2.75) is 19.4 Å². The number of hydrogen-bond acceptors (Lipinski definition) is 6. The number of rotatable bonds is 4. The van der Waals surface area contributed by atoms with E-state index in [1.54, 1.807) is 49.4 Å². The largest absolute Gasteiger partial charge is 0.486 e. The van der Waals surface area contributed by atoms with Crippen LogP contribution in [0.15, 0.2) is 42.5 Å². The van der Waals surface area contributed by atoms with Crippen LogP contribution in [0.5, 0.6) is 17.2 Å². The number of nitrogens with zero attached hydrogens (tertiary/aromatic N) is 1. The van der Waals surface area contributed by atoms with Crippen molar-refractivity contribution in [1.29, 1.82) is 0 Å². The molecule has 2 heterocycles. The molecule has 144 valence electrons. The SMILES string of the molecule is CC[C@H]1Oc2ccccc2C(=O)N(CC(=O)c2ccc3c(c2)OCCO3)C1=O. The summed E-state index contributed by atoms with van der Waals surface area (Å²) in [5.41, 5.74) is 0.609. The van der Waals surface area contributed by atoms with Gasteiger partial charge in [-0.3, -0.25) is 19.3 Å². The van der Waals surface area contributed by atoms with Crippen LogP contribution in [0.1, 0.15) is 34.1 Å². The van der Waals surface area contributed by atoms with Crippen molar-refractivity contribution in [1.82, 2.24) is 4.90 Å². The first-order valence-electron chi connectivity index (χ1n) is 9.12. The lowest BCUT2D eigenvalue weighted by Gasteiger charge is -2.22. The molecule has 0 fully saturated rings. The fourth-order valence-corrected chi connectivity index (χ4v) is 3.23. The molecule has 7 heteroatoms. The lowest BCUT2D eigenvalue weighted by Crippen LogP contribution is -2.45. The van der Waals surface area contributed by atoms with Crippen molar-refractivity contribution in [3.63, 3.8) is 0 Å². The third-order valence-electron chi connectivity index (χ3n) is 4.71. The second-order valence-corrected chi connectivity index (χ2v) is 6.52. The van der Waals surface area contributed by atoms with E-state index < -0.39 is 17.9 Å². The minimum absolute atomic E-state index is 0.266. The molecule has 0 spiro atoms. The maximum absolute atomic E-state index is 12.9. The molecule has 0 aliphatic carbocycles. The molecule has 0 saturated heterocycles. The summed E-state index contributed by atoms with van der Waals surface area (Å²) in [7, 11) is 0. The molecule has 0 radical (unpaired) electrons. The number of amides is 2. The molecule has 2 aliphatic heterocycles. The predicted octanol–water partition coefficient (Wildman–Crippen LogP) is 2.48. The van der Waals surface area contributed by atoms with Gasteiger partial charge in [0.1, 0.15) is 19.0 Å². The molecule has 0 bridgehead atoms. The Morgan fingerprint density at radius 3 is 2.57 bits per heavy atom. The topological polar surface area (TPSA) is 82.1 Å². The molecular formula is C21H19NO6. The minimum atomic E-state index is -0.819. The van der Waals surface area contributed by atoms with Crippen molar-refractivity contribution in [3.05, 3.63) is 53.6 Å². The predicted molar refractivity (Wildman–Crippen MR) is 99.0 cm³/mol. The van der Waals surface area contributed by atoms with Crippen molar-refractivity contribution >= 4 is 17.6 Å². The zero-order valence-electron chi connectivity index (χ0n) is 15.3. The van der Waals surface area contributed by atoms with E-state index in [0.29, 0.717) is 42.4 Å². The molecule has 0 N–H and O–H groups in total. The number of carbonyl (C=O) groups excluding carboxylic acids is 3. The molecular weight excluding hydrogens is 362 g/mol. The number of fused-ring (bicyclic) bond motifs is 2. The summed E-state index contributed by atoms with van der Waals surface area (Å²) < 4.78 is 16.7. The first-order valence-corrected chi connectivity index (χ1v) is 9.12. The van der Waals surface area contributed by atoms with E-state index in [1.807, 2.05) is 0 Å². The molecule has 2 aliphatic rings. The van der Waals surface area contributed by atoms with Crippen LogP contribution >= 0.6 is 0 Å². The summed E-state index contributed by atoms with van der Waals surface area (Å²) in [6.07, 6.45) is -0.435. The minimum Gasteiger partial charge on any atom is -0.486 e. The lowest BCUT2D eigenvalue weighted by molar-refractivity contribution is -0.135. The number of benzene rings is 2. The third-order valence-corrected chi connectivity index (χ3v) is 4.71. The summed E-state index contributed by atoms with van der Waals surface area (Å²) in [4.78, 5) is 39.6. The van der Waals surface area contributed by atoms with Crippen LogP contribution in [-0.2, 0) is 4.79 Å². The van der Waals surface area contributed by atoms with Crippen LogP contribution in [0.4, 0.5) is 0 Å². The summed E-state index contributed by atoms with van der Waals surface area (Å²) in [5, 5.41) is 0. The van der Waals surface area contributed by atoms with Gasteiger partial charge in [0.15, 0.2) is 23.4 Å². The molecule has 1 atom stereocenters. The molecule has 0 saturated carbocycles. The second-order valence-electron chi connectivity index (χ2n) is 6.52. The standard InChI is InChI=1S/C21H19NO6/c1-2-16-21(25)22(20(24)14-5-3-4-6-17(14)28-16)12-15(23)13-7-8-18-19(11-13)27-10-9-26-18/h3-8,11,16H,2,9-10,12H2,1H3/t16-/m1/s1. The normalized spacial score (nSPS) is 18.2. The van der Waals surface area contributed by atoms with Crippen molar-refractivity contribution in [2.24, 2.45) is 0 Å². The van der Waals surface area contributed by atoms with E-state index >= 15 is 0 Å². The summed E-state index contributed by atoms with van der Waals surface area (Å²) in [6, 6.07) is 11.5. The van der Waals surface area contributed by atoms with Crippen LogP contribution in [0.25, 0.3) is 0 Å². The quantitative estimate of drug-likeness (QED) is 0.598. The van der Waals surface area contributed by atoms with Crippen LogP contribution < -0.4 is 14.2 Å². The van der Waals surface area contributed by atoms with Crippen molar-refractivity contribution < 1.29 is 28.6 Å². The van der Waals surface area contributed by atoms with Gasteiger partial charge in [0.05, 0.1) is 12.1 Å². The van der Waals surface area contributed by atoms with Crippen molar-refractivity contribution in [3.8, 4) is 17.2 Å². The molecule has 2 aromatic rings. The maximum atomic E-state index is 12.9. The number of para-hydroxylation sites is 1. The Hall–Kier alpha value is -3.35. The Morgan fingerprint density at radius 1 is 1.04 bits per heavy atom. The van der Waals surface area contributed by atoms with E-state index in [9.17, 15) is 14.4 Å². The monoisotopic (exact) mass is 381 g/mol. The van der Waals surface area contributed by atoms with Gasteiger partial charge in [0.2, 0.25) is 0 Å². The number of ketones is 1. The average Bonchev–Trinajstić information content (AvgIpc) is 2.83. The Kier molecular flexibility index (Phi) is 4.73. The van der Waals surface area contributed by atoms with E-state index in [1.165, 1.54) is 0 Å². The molecule has 28 heavy (non-hydrogen) atoms. The van der Waals surface area contributed by atoms with Crippen molar-refractivity contribution in [2.75, 3.05) is 19.8 Å². The van der Waals surface area contributed by atoms with Gasteiger partial charge in [-0.2, -0.15) is 0 Å². The highest BCUT2D eigenvalue weighted by Crippen LogP contribution is 2.31. The molecule has 7 nitrogen and oxygen atoms in total. The number of imide groups is 1. The zero-order chi connectivity index (χ0) is 19.7. The highest BCUT2D eigenvalue weighted by atomic mass is 16.6. The van der Waals surface area contributed by atoms with Crippen LogP contribution in [0.2, 0.25) is 0 Å². The highest BCUT2D eigenvalue weighted by molar-refractivity contribution is 6.12. The maximum Gasteiger partial charge on any atom is 0.270 e. The van der Waals surface area contributed by atoms with E-state index in [-0.39, 0.29) is 17.9 Å². The molecule has 2 amide bonds. The van der Waals surface area contributed by atoms with Gasteiger partial charge in [-0.15, -0.1) is 0 Å².